The smallest absolute Gasteiger partial charge is 0.158 e. The third kappa shape index (κ3) is 4.67. The van der Waals surface area contributed by atoms with Crippen LogP contribution in [0.15, 0.2) is 73.1 Å². The summed E-state index contributed by atoms with van der Waals surface area (Å²) in [5.41, 5.74) is 2.68. The predicted octanol–water partition coefficient (Wildman–Crippen LogP) is 7.02. The first kappa shape index (κ1) is 22.0. The van der Waals surface area contributed by atoms with Gasteiger partial charge in [-0.25, -0.2) is 18.7 Å². The molecule has 0 amide bonds. The van der Waals surface area contributed by atoms with E-state index in [4.69, 9.17) is 35.4 Å². The number of halogens is 4. The largest absolute Gasteiger partial charge is 0.293 e. The molecule has 0 fully saturated rings. The summed E-state index contributed by atoms with van der Waals surface area (Å²) < 4.78 is 28.1. The average molecular weight is 488 g/mol. The van der Waals surface area contributed by atoms with Crippen molar-refractivity contribution in [3.63, 3.8) is 0 Å². The molecule has 0 aliphatic heterocycles. The molecule has 0 N–H and O–H groups in total. The summed E-state index contributed by atoms with van der Waals surface area (Å²) >= 11 is 17.4. The highest BCUT2D eigenvalue weighted by Crippen LogP contribution is 2.41. The molecular weight excluding hydrogens is 475 g/mol. The van der Waals surface area contributed by atoms with Crippen LogP contribution in [0, 0.1) is 11.6 Å². The van der Waals surface area contributed by atoms with Gasteiger partial charge >= 0.3 is 0 Å². The number of anilines is 5. The normalized spacial score (nSPS) is 10.6. The molecule has 32 heavy (non-hydrogen) atoms. The number of hydrogen-bond acceptors (Lipinski definition) is 5. The van der Waals surface area contributed by atoms with Gasteiger partial charge in [-0.3, -0.25) is 14.8 Å². The number of pyridine rings is 1. The van der Waals surface area contributed by atoms with E-state index in [0.29, 0.717) is 28.7 Å². The Morgan fingerprint density at radius 3 is 2.19 bits per heavy atom. The fraction of sp³-hybridized carbons (Fsp3) is 0. The van der Waals surface area contributed by atoms with E-state index in [1.54, 1.807) is 35.2 Å². The summed E-state index contributed by atoms with van der Waals surface area (Å²) in [6.07, 6.45) is 2.86. The molecular formula is C22H13Cl2F2N5S. The molecule has 5 nitrogen and oxygen atoms in total. The Bertz CT molecular complexity index is 1270. The summed E-state index contributed by atoms with van der Waals surface area (Å²) in [6.45, 7) is 0. The molecule has 0 aliphatic rings. The Labute approximate surface area is 197 Å². The minimum absolute atomic E-state index is 0.167. The third-order valence-electron chi connectivity index (χ3n) is 4.40. The number of aromatic nitrogens is 3. The van der Waals surface area contributed by atoms with Crippen LogP contribution in [0.5, 0.6) is 0 Å². The van der Waals surface area contributed by atoms with Crippen LogP contribution in [-0.2, 0) is 0 Å². The van der Waals surface area contributed by atoms with E-state index >= 15 is 0 Å². The minimum atomic E-state index is -0.501. The lowest BCUT2D eigenvalue weighted by Gasteiger charge is -2.29. The number of nitrogens with zero attached hydrogens (tertiary/aromatic N) is 5. The molecule has 0 unspecified atom stereocenters. The highest BCUT2D eigenvalue weighted by atomic mass is 35.5. The van der Waals surface area contributed by atoms with Crippen LogP contribution >= 0.6 is 35.4 Å². The second-order valence-corrected chi connectivity index (χ2v) is 7.42. The lowest BCUT2D eigenvalue weighted by Crippen LogP contribution is -2.20. The van der Waals surface area contributed by atoms with Crippen LogP contribution in [-0.4, -0.2) is 20.4 Å². The van der Waals surface area contributed by atoms with Crippen molar-refractivity contribution in [1.82, 2.24) is 15.0 Å². The van der Waals surface area contributed by atoms with Crippen LogP contribution in [0.25, 0.3) is 0 Å². The Hall–Kier alpha value is -3.20. The number of thiocarbonyl (C=S) groups is 1. The van der Waals surface area contributed by atoms with Gasteiger partial charge in [-0.2, -0.15) is 0 Å². The SMILES string of the molecule is Fc1ccc(N(c2cccc(Cl)n2)c2cc(F)ccc2N(C=S)c2cncc(Cl)n2)cc1. The molecule has 0 saturated carbocycles. The van der Waals surface area contributed by atoms with Crippen molar-refractivity contribution in [2.45, 2.75) is 0 Å². The molecule has 0 aliphatic carbocycles. The Balaban J connectivity index is 1.96. The quantitative estimate of drug-likeness (QED) is 0.215. The van der Waals surface area contributed by atoms with E-state index in [0.717, 1.165) is 0 Å². The summed E-state index contributed by atoms with van der Waals surface area (Å²) in [5.74, 6) is -0.197. The van der Waals surface area contributed by atoms with Gasteiger partial charge in [-0.05, 0) is 48.5 Å². The third-order valence-corrected chi connectivity index (χ3v) is 5.00. The van der Waals surface area contributed by atoms with E-state index in [1.807, 2.05) is 0 Å². The zero-order valence-corrected chi connectivity index (χ0v) is 18.5. The lowest BCUT2D eigenvalue weighted by molar-refractivity contribution is 0.627. The Kier molecular flexibility index (Phi) is 6.55. The van der Waals surface area contributed by atoms with Crippen molar-refractivity contribution < 1.29 is 8.78 Å². The van der Waals surface area contributed by atoms with Gasteiger partial charge in [0.05, 0.1) is 29.3 Å². The van der Waals surface area contributed by atoms with Gasteiger partial charge in [0.1, 0.15) is 27.8 Å². The van der Waals surface area contributed by atoms with E-state index in [9.17, 15) is 8.78 Å². The molecule has 0 spiro atoms. The second-order valence-electron chi connectivity index (χ2n) is 6.44. The monoisotopic (exact) mass is 487 g/mol. The molecule has 0 atom stereocenters. The molecule has 2 heterocycles. The molecule has 4 aromatic rings. The van der Waals surface area contributed by atoms with E-state index in [1.165, 1.54) is 53.1 Å². The molecule has 2 aromatic carbocycles. The average Bonchev–Trinajstić information content (AvgIpc) is 2.77. The first-order chi connectivity index (χ1) is 15.5. The van der Waals surface area contributed by atoms with Gasteiger partial charge in [0, 0.05) is 11.8 Å². The van der Waals surface area contributed by atoms with Crippen molar-refractivity contribution >= 4 is 69.6 Å². The molecule has 10 heteroatoms. The maximum atomic E-state index is 14.5. The van der Waals surface area contributed by atoms with Gasteiger partial charge in [0.15, 0.2) is 5.82 Å². The van der Waals surface area contributed by atoms with Crippen molar-refractivity contribution in [2.75, 3.05) is 9.80 Å². The van der Waals surface area contributed by atoms with Gasteiger partial charge in [-0.1, -0.05) is 41.5 Å². The molecule has 2 aromatic heterocycles. The highest BCUT2D eigenvalue weighted by Gasteiger charge is 2.22. The Morgan fingerprint density at radius 2 is 1.50 bits per heavy atom. The standard InChI is InChI=1S/C22H13Cl2F2N5S/c23-19-2-1-3-21(28-19)31(16-7-4-14(25)5-8-16)18-10-15(26)6-9-17(18)30(13-32)22-12-27-11-20(24)29-22/h1-13H. The summed E-state index contributed by atoms with van der Waals surface area (Å²) in [7, 11) is 0. The fourth-order valence-electron chi connectivity index (χ4n) is 3.07. The lowest BCUT2D eigenvalue weighted by atomic mass is 10.1. The maximum Gasteiger partial charge on any atom is 0.158 e. The first-order valence-corrected chi connectivity index (χ1v) is 10.4. The van der Waals surface area contributed by atoms with Crippen LogP contribution in [0.4, 0.5) is 37.5 Å². The zero-order valence-electron chi connectivity index (χ0n) is 16.2. The van der Waals surface area contributed by atoms with Crippen molar-refractivity contribution in [3.05, 3.63) is 95.0 Å². The predicted molar refractivity (Wildman–Crippen MR) is 127 cm³/mol. The molecule has 0 radical (unpaired) electrons. The highest BCUT2D eigenvalue weighted by molar-refractivity contribution is 7.79. The fourth-order valence-corrected chi connectivity index (χ4v) is 3.59. The number of benzene rings is 2. The number of hydrogen-bond donors (Lipinski definition) is 0. The summed E-state index contributed by atoms with van der Waals surface area (Å²) in [5, 5.41) is 0.403. The van der Waals surface area contributed by atoms with Crippen LogP contribution < -0.4 is 9.80 Å². The van der Waals surface area contributed by atoms with Crippen LogP contribution in [0.1, 0.15) is 0 Å². The van der Waals surface area contributed by atoms with Crippen LogP contribution in [0.3, 0.4) is 0 Å². The second kappa shape index (κ2) is 9.52. The van der Waals surface area contributed by atoms with E-state index < -0.39 is 11.6 Å². The molecule has 4 rings (SSSR count). The van der Waals surface area contributed by atoms with Gasteiger partial charge in [0.25, 0.3) is 0 Å². The van der Waals surface area contributed by atoms with E-state index in [-0.39, 0.29) is 10.3 Å². The van der Waals surface area contributed by atoms with Crippen molar-refractivity contribution in [3.8, 4) is 0 Å². The van der Waals surface area contributed by atoms with E-state index in [2.05, 4.69) is 15.0 Å². The summed E-state index contributed by atoms with van der Waals surface area (Å²) in [4.78, 5) is 15.8. The molecule has 0 bridgehead atoms. The maximum absolute atomic E-state index is 14.5. The van der Waals surface area contributed by atoms with Gasteiger partial charge in [0.2, 0.25) is 0 Å². The van der Waals surface area contributed by atoms with Crippen LogP contribution in [0.2, 0.25) is 10.3 Å². The van der Waals surface area contributed by atoms with Crippen molar-refractivity contribution in [1.29, 1.82) is 0 Å². The molecule has 0 saturated heterocycles. The summed E-state index contributed by atoms with van der Waals surface area (Å²) in [6, 6.07) is 14.9. The van der Waals surface area contributed by atoms with Gasteiger partial charge in [-0.15, -0.1) is 0 Å². The minimum Gasteiger partial charge on any atom is -0.293 e. The first-order valence-electron chi connectivity index (χ1n) is 9.16. The Morgan fingerprint density at radius 1 is 0.781 bits per heavy atom. The van der Waals surface area contributed by atoms with Crippen molar-refractivity contribution in [2.24, 2.45) is 0 Å². The molecule has 160 valence electrons. The van der Waals surface area contributed by atoms with Gasteiger partial charge < -0.3 is 0 Å². The zero-order chi connectivity index (χ0) is 22.7. The topological polar surface area (TPSA) is 45.2 Å². The number of rotatable bonds is 6.